The van der Waals surface area contributed by atoms with Gasteiger partial charge in [0, 0.05) is 45.5 Å². The van der Waals surface area contributed by atoms with Gasteiger partial charge in [-0.05, 0) is 80.6 Å². The van der Waals surface area contributed by atoms with Gasteiger partial charge in [0.15, 0.2) is 12.1 Å². The van der Waals surface area contributed by atoms with Crippen molar-refractivity contribution in [1.29, 1.82) is 0 Å². The number of carbonyl (C=O) groups excluding carboxylic acids is 3. The summed E-state index contributed by atoms with van der Waals surface area (Å²) >= 11 is 0. The molecule has 2 saturated heterocycles. The van der Waals surface area contributed by atoms with Gasteiger partial charge >= 0.3 is 5.97 Å². The molecule has 2 aliphatic heterocycles. The van der Waals surface area contributed by atoms with E-state index >= 15 is 0 Å². The molecule has 0 bridgehead atoms. The number of ketones is 2. The Bertz CT molecular complexity index is 1150. The number of cyclic esters (lactones) is 1. The van der Waals surface area contributed by atoms with E-state index in [4.69, 9.17) is 28.4 Å². The van der Waals surface area contributed by atoms with E-state index in [-0.39, 0.29) is 95.9 Å². The minimum atomic E-state index is -0.760. The second kappa shape index (κ2) is 13.4. The van der Waals surface area contributed by atoms with Crippen LogP contribution in [0.2, 0.25) is 0 Å². The monoisotopic (exact) mass is 632 g/mol. The number of hydrogen-bond donors (Lipinski definition) is 1. The maximum absolute atomic E-state index is 14.0. The van der Waals surface area contributed by atoms with Crippen LogP contribution < -0.4 is 0 Å². The van der Waals surface area contributed by atoms with E-state index < -0.39 is 24.4 Å². The van der Waals surface area contributed by atoms with Crippen LogP contribution in [0, 0.1) is 47.3 Å². The van der Waals surface area contributed by atoms with Crippen LogP contribution >= 0.6 is 0 Å². The smallest absolute Gasteiger partial charge is 0.306 e. The summed E-state index contributed by atoms with van der Waals surface area (Å²) in [5.41, 5.74) is 0.614. The molecule has 0 radical (unpaired) electrons. The molecule has 16 atom stereocenters. The largest absolute Gasteiger partial charge is 0.462 e. The molecule has 5 fully saturated rings. The third-order valence-corrected chi connectivity index (χ3v) is 12.3. The SMILES string of the molecule is CC[C@H]1CCC[C@H](O)[C@@H](C)C(=O)C2=C[C@H]3[C@@H]4C[C@H](O[C@@H]5O[C@@H](C)[C@H](OC)[C@@H](OC)[C@H]5OC)C[C@H]4[C@@H]4CC(=O)[C@@H]4[C@H]3[C@@H]2CC(=O)O1. The van der Waals surface area contributed by atoms with Crippen molar-refractivity contribution in [2.24, 2.45) is 47.3 Å². The number of hydrogen-bond acceptors (Lipinski definition) is 10. The minimum absolute atomic E-state index is 0.0173. The topological polar surface area (TPSA) is 127 Å². The number of fused-ring (bicyclic) bond motifs is 8. The zero-order valence-corrected chi connectivity index (χ0v) is 27.6. The summed E-state index contributed by atoms with van der Waals surface area (Å²) in [7, 11) is 4.90. The van der Waals surface area contributed by atoms with Crippen LogP contribution in [0.5, 0.6) is 0 Å². The van der Waals surface area contributed by atoms with Crippen molar-refractivity contribution in [2.45, 2.75) is 121 Å². The van der Waals surface area contributed by atoms with Crippen molar-refractivity contribution in [3.05, 3.63) is 11.6 Å². The zero-order chi connectivity index (χ0) is 32.2. The highest BCUT2D eigenvalue weighted by molar-refractivity contribution is 5.99. The lowest BCUT2D eigenvalue weighted by Gasteiger charge is -2.54. The maximum atomic E-state index is 14.0. The van der Waals surface area contributed by atoms with E-state index in [2.05, 4.69) is 6.08 Å². The van der Waals surface area contributed by atoms with Crippen LogP contribution in [0.4, 0.5) is 0 Å². The molecule has 10 nitrogen and oxygen atoms in total. The van der Waals surface area contributed by atoms with Gasteiger partial charge in [-0.25, -0.2) is 0 Å². The number of methoxy groups -OCH3 is 3. The first-order valence-electron chi connectivity index (χ1n) is 17.2. The van der Waals surface area contributed by atoms with Crippen LogP contribution in [0.3, 0.4) is 0 Å². The summed E-state index contributed by atoms with van der Waals surface area (Å²) in [5, 5.41) is 11.0. The van der Waals surface area contributed by atoms with E-state index in [0.29, 0.717) is 37.7 Å². The highest BCUT2D eigenvalue weighted by atomic mass is 16.7. The summed E-state index contributed by atoms with van der Waals surface area (Å²) in [6, 6.07) is 0. The molecule has 6 rings (SSSR count). The number of carbonyl (C=O) groups is 3. The fourth-order valence-corrected chi connectivity index (χ4v) is 10.0. The molecule has 252 valence electrons. The van der Waals surface area contributed by atoms with E-state index in [1.54, 1.807) is 28.3 Å². The summed E-state index contributed by atoms with van der Waals surface area (Å²) < 4.78 is 36.1. The van der Waals surface area contributed by atoms with Crippen molar-refractivity contribution in [3.8, 4) is 0 Å². The second-order valence-corrected chi connectivity index (χ2v) is 14.5. The normalized spacial score (nSPS) is 48.5. The lowest BCUT2D eigenvalue weighted by molar-refractivity contribution is -0.314. The van der Waals surface area contributed by atoms with Gasteiger partial charge in [-0.3, -0.25) is 14.4 Å². The quantitative estimate of drug-likeness (QED) is 0.434. The number of rotatable bonds is 6. The average molecular weight is 633 g/mol. The first kappa shape index (κ1) is 33.2. The molecule has 0 spiro atoms. The van der Waals surface area contributed by atoms with Crippen LogP contribution in [-0.4, -0.2) is 93.0 Å². The highest BCUT2D eigenvalue weighted by Gasteiger charge is 2.64. The molecule has 0 aromatic carbocycles. The molecule has 0 unspecified atom stereocenters. The zero-order valence-electron chi connectivity index (χ0n) is 27.6. The van der Waals surface area contributed by atoms with E-state index in [9.17, 15) is 19.5 Å². The van der Waals surface area contributed by atoms with Crippen molar-refractivity contribution >= 4 is 17.5 Å². The van der Waals surface area contributed by atoms with Gasteiger partial charge in [0.1, 0.15) is 30.2 Å². The molecule has 45 heavy (non-hydrogen) atoms. The standard InChI is InChI=1S/C35H52O10/c1-7-18-9-8-10-26(36)16(2)31(39)25-13-22-20-11-19(45-35-34(42-6)33(41-5)32(40-4)17(3)43-35)12-21(20)23-14-27(37)30(23)29(22)24(25)15-28(38)44-18/h13,16-24,26,29-30,32-36H,7-12,14-15H2,1-6H3/t16-,17+,18+,19+,20-,21-,22+,23+,24-,26+,29-,30-,32+,33-,34-,35+/m1/s1. The lowest BCUT2D eigenvalue weighted by atomic mass is 9.49. The fourth-order valence-electron chi connectivity index (χ4n) is 10.0. The van der Waals surface area contributed by atoms with Crippen LogP contribution in [0.15, 0.2) is 11.6 Å². The predicted octanol–water partition coefficient (Wildman–Crippen LogP) is 3.66. The number of esters is 1. The maximum Gasteiger partial charge on any atom is 0.306 e. The first-order chi connectivity index (χ1) is 21.6. The fraction of sp³-hybridized carbons (Fsp3) is 0.857. The van der Waals surface area contributed by atoms with Crippen LogP contribution in [0.25, 0.3) is 0 Å². The van der Waals surface area contributed by atoms with Gasteiger partial charge in [0.25, 0.3) is 0 Å². The molecule has 0 amide bonds. The van der Waals surface area contributed by atoms with Gasteiger partial charge in [-0.2, -0.15) is 0 Å². The third kappa shape index (κ3) is 5.86. The van der Waals surface area contributed by atoms with Gasteiger partial charge in [-0.15, -0.1) is 0 Å². The molecule has 0 aromatic rings. The number of aliphatic hydroxyl groups is 1. The molecule has 10 heteroatoms. The van der Waals surface area contributed by atoms with Gasteiger partial charge in [0.05, 0.1) is 24.7 Å². The van der Waals surface area contributed by atoms with E-state index in [1.807, 2.05) is 13.8 Å². The molecule has 6 aliphatic rings. The highest BCUT2D eigenvalue weighted by Crippen LogP contribution is 2.64. The Kier molecular flexibility index (Phi) is 9.92. The molecule has 2 heterocycles. The van der Waals surface area contributed by atoms with Crippen molar-refractivity contribution in [2.75, 3.05) is 21.3 Å². The van der Waals surface area contributed by atoms with Gasteiger partial charge < -0.3 is 33.5 Å². The van der Waals surface area contributed by atoms with Crippen LogP contribution in [-0.2, 0) is 42.8 Å². The minimum Gasteiger partial charge on any atom is -0.462 e. The molecule has 0 aromatic heterocycles. The summed E-state index contributed by atoms with van der Waals surface area (Å²) in [6.07, 6.45) is 3.71. The summed E-state index contributed by atoms with van der Waals surface area (Å²) in [4.78, 5) is 40.7. The number of ether oxygens (including phenoxy) is 6. The van der Waals surface area contributed by atoms with Crippen molar-refractivity contribution in [1.82, 2.24) is 0 Å². The number of aliphatic hydroxyl groups excluding tert-OH is 1. The Hall–Kier alpha value is -1.69. The Labute approximate surface area is 266 Å². The van der Waals surface area contributed by atoms with E-state index in [1.165, 1.54) is 0 Å². The van der Waals surface area contributed by atoms with E-state index in [0.717, 1.165) is 12.8 Å². The first-order valence-corrected chi connectivity index (χ1v) is 17.2. The predicted molar refractivity (Wildman–Crippen MR) is 162 cm³/mol. The Morgan fingerprint density at radius 3 is 2.29 bits per heavy atom. The summed E-state index contributed by atoms with van der Waals surface area (Å²) in [5.74, 6) is -0.732. The van der Waals surface area contributed by atoms with Gasteiger partial charge in [-0.1, -0.05) is 19.9 Å². The van der Waals surface area contributed by atoms with Crippen molar-refractivity contribution < 1.29 is 47.9 Å². The molecule has 1 N–H and O–H groups in total. The molecular formula is C35H52O10. The third-order valence-electron chi connectivity index (χ3n) is 12.3. The Morgan fingerprint density at radius 1 is 0.911 bits per heavy atom. The Balaban J connectivity index is 1.27. The number of Topliss-reactive ketones (excluding diaryl/α,β-unsaturated/α-hetero) is 2. The molecule has 4 aliphatic carbocycles. The number of allylic oxidation sites excluding steroid dienone is 2. The lowest BCUT2D eigenvalue weighted by Crippen LogP contribution is -2.59. The summed E-state index contributed by atoms with van der Waals surface area (Å²) in [6.45, 7) is 5.74. The average Bonchev–Trinajstić information content (AvgIpc) is 3.58. The molecule has 3 saturated carbocycles. The Morgan fingerprint density at radius 2 is 1.62 bits per heavy atom. The second-order valence-electron chi connectivity index (χ2n) is 14.5. The van der Waals surface area contributed by atoms with Gasteiger partial charge in [0.2, 0.25) is 0 Å². The molecular weight excluding hydrogens is 580 g/mol. The van der Waals surface area contributed by atoms with Crippen molar-refractivity contribution in [3.63, 3.8) is 0 Å². The van der Waals surface area contributed by atoms with Crippen LogP contribution in [0.1, 0.15) is 72.1 Å².